The second-order valence-corrected chi connectivity index (χ2v) is 10.7. The summed E-state index contributed by atoms with van der Waals surface area (Å²) in [6.45, 7) is 6.42. The molecule has 8 unspecified atom stereocenters. The highest BCUT2D eigenvalue weighted by Gasteiger charge is 2.59. The number of carbonyl (C=O) groups excluding carboxylic acids is 1. The van der Waals surface area contributed by atoms with Gasteiger partial charge in [0.05, 0.1) is 5.60 Å². The molecule has 4 aliphatic carbocycles. The van der Waals surface area contributed by atoms with Crippen molar-refractivity contribution in [2.24, 2.45) is 46.8 Å². The Balaban J connectivity index is 1.52. The Morgan fingerprint density at radius 2 is 1.73 bits per heavy atom. The van der Waals surface area contributed by atoms with E-state index in [1.54, 1.807) is 0 Å². The Hall–Kier alpha value is -0.410. The van der Waals surface area contributed by atoms with Crippen molar-refractivity contribution >= 4 is 5.78 Å². The maximum absolute atomic E-state index is 12.3. The van der Waals surface area contributed by atoms with Gasteiger partial charge in [0, 0.05) is 5.92 Å². The molecule has 26 heavy (non-hydrogen) atoms. The maximum atomic E-state index is 12.3. The van der Waals surface area contributed by atoms with Crippen molar-refractivity contribution in [2.45, 2.75) is 84.2 Å². The predicted octanol–water partition coefficient (Wildman–Crippen LogP) is 4.20. The molecule has 0 bridgehead atoms. The van der Waals surface area contributed by atoms with Crippen LogP contribution in [-0.2, 0) is 4.79 Å². The van der Waals surface area contributed by atoms with Crippen LogP contribution in [0.2, 0.25) is 0 Å². The van der Waals surface area contributed by atoms with E-state index >= 15 is 0 Å². The van der Waals surface area contributed by atoms with E-state index in [0.717, 1.165) is 43.4 Å². The summed E-state index contributed by atoms with van der Waals surface area (Å²) in [4.78, 5) is 12.3. The topological polar surface area (TPSA) is 57.5 Å². The number of aliphatic hydroxyl groups excluding tert-OH is 1. The van der Waals surface area contributed by atoms with Crippen LogP contribution in [0.25, 0.3) is 0 Å². The van der Waals surface area contributed by atoms with Crippen LogP contribution in [0.4, 0.5) is 0 Å². The van der Waals surface area contributed by atoms with Crippen molar-refractivity contribution in [1.82, 2.24) is 0 Å². The summed E-state index contributed by atoms with van der Waals surface area (Å²) in [5.41, 5.74) is -0.315. The van der Waals surface area contributed by atoms with Gasteiger partial charge in [0.15, 0.2) is 5.78 Å². The quantitative estimate of drug-likeness (QED) is 0.791. The molecule has 4 saturated carbocycles. The number of Topliss-reactive ketones (excluding diaryl/α,β-unsaturated/α-hetero) is 1. The van der Waals surface area contributed by atoms with Gasteiger partial charge in [0.25, 0.3) is 0 Å². The molecule has 0 saturated heterocycles. The fourth-order valence-electron chi connectivity index (χ4n) is 8.07. The zero-order valence-corrected chi connectivity index (χ0v) is 16.9. The SMILES string of the molecule is CC(C)C1(O)CCC2C(CCC3C2CCC2(C)C(C(=O)CO)CCC32)C1. The van der Waals surface area contributed by atoms with Crippen LogP contribution in [0.3, 0.4) is 0 Å². The Morgan fingerprint density at radius 3 is 2.42 bits per heavy atom. The molecule has 0 aromatic carbocycles. The summed E-state index contributed by atoms with van der Waals surface area (Å²) in [5, 5.41) is 20.4. The lowest BCUT2D eigenvalue weighted by atomic mass is 9.48. The zero-order valence-electron chi connectivity index (χ0n) is 16.9. The van der Waals surface area contributed by atoms with Gasteiger partial charge in [-0.25, -0.2) is 0 Å². The first kappa shape index (κ1) is 18.9. The number of fused-ring (bicyclic) bond motifs is 5. The van der Waals surface area contributed by atoms with Gasteiger partial charge in [0.1, 0.15) is 6.61 Å². The number of hydrogen-bond acceptors (Lipinski definition) is 3. The van der Waals surface area contributed by atoms with E-state index in [1.807, 2.05) is 0 Å². The lowest BCUT2D eigenvalue weighted by Gasteiger charge is -2.57. The average Bonchev–Trinajstić information content (AvgIpc) is 2.97. The number of aliphatic hydroxyl groups is 2. The average molecular weight is 363 g/mol. The second-order valence-electron chi connectivity index (χ2n) is 10.7. The van der Waals surface area contributed by atoms with Gasteiger partial charge in [-0.15, -0.1) is 0 Å². The standard InChI is InChI=1S/C23H38O3/c1-14(2)23(26)11-9-16-15(12-23)4-5-18-17(16)8-10-22(3)19(18)6-7-20(22)21(25)13-24/h14-20,24,26H,4-13H2,1-3H3. The first-order valence-electron chi connectivity index (χ1n) is 11.2. The van der Waals surface area contributed by atoms with Crippen LogP contribution in [0.5, 0.6) is 0 Å². The van der Waals surface area contributed by atoms with Crippen LogP contribution in [0, 0.1) is 46.8 Å². The molecule has 4 rings (SSSR count). The lowest BCUT2D eigenvalue weighted by molar-refractivity contribution is -0.137. The van der Waals surface area contributed by atoms with E-state index in [2.05, 4.69) is 20.8 Å². The van der Waals surface area contributed by atoms with Gasteiger partial charge >= 0.3 is 0 Å². The van der Waals surface area contributed by atoms with Crippen molar-refractivity contribution in [3.05, 3.63) is 0 Å². The molecular formula is C23H38O3. The predicted molar refractivity (Wildman–Crippen MR) is 102 cm³/mol. The summed E-state index contributed by atoms with van der Waals surface area (Å²) >= 11 is 0. The van der Waals surface area contributed by atoms with E-state index in [9.17, 15) is 15.0 Å². The van der Waals surface area contributed by atoms with E-state index in [-0.39, 0.29) is 23.7 Å². The molecule has 3 heteroatoms. The third-order valence-corrected chi connectivity index (χ3v) is 9.66. The summed E-state index contributed by atoms with van der Waals surface area (Å²) in [7, 11) is 0. The molecule has 0 heterocycles. The molecule has 0 radical (unpaired) electrons. The molecule has 148 valence electrons. The van der Waals surface area contributed by atoms with Gasteiger partial charge in [-0.1, -0.05) is 20.8 Å². The molecule has 0 spiro atoms. The largest absolute Gasteiger partial charge is 0.390 e. The van der Waals surface area contributed by atoms with E-state index in [0.29, 0.717) is 17.8 Å². The molecular weight excluding hydrogens is 324 g/mol. The van der Waals surface area contributed by atoms with Gasteiger partial charge in [-0.2, -0.15) is 0 Å². The molecule has 2 N–H and O–H groups in total. The monoisotopic (exact) mass is 362 g/mol. The van der Waals surface area contributed by atoms with Gasteiger partial charge < -0.3 is 10.2 Å². The van der Waals surface area contributed by atoms with Crippen LogP contribution < -0.4 is 0 Å². The third-order valence-electron chi connectivity index (χ3n) is 9.66. The smallest absolute Gasteiger partial charge is 0.161 e. The van der Waals surface area contributed by atoms with Crippen LogP contribution in [0.15, 0.2) is 0 Å². The Kier molecular flexibility index (Phi) is 4.79. The van der Waals surface area contributed by atoms with Crippen LogP contribution >= 0.6 is 0 Å². The highest BCUT2D eigenvalue weighted by atomic mass is 16.3. The van der Waals surface area contributed by atoms with Crippen molar-refractivity contribution in [2.75, 3.05) is 6.61 Å². The second kappa shape index (κ2) is 6.58. The first-order chi connectivity index (χ1) is 12.3. The minimum atomic E-state index is -0.441. The molecule has 4 fully saturated rings. The van der Waals surface area contributed by atoms with Crippen molar-refractivity contribution in [3.8, 4) is 0 Å². The Labute approximate surface area is 158 Å². The van der Waals surface area contributed by atoms with Gasteiger partial charge in [-0.05, 0) is 98.7 Å². The van der Waals surface area contributed by atoms with Gasteiger partial charge in [-0.3, -0.25) is 4.79 Å². The highest BCUT2D eigenvalue weighted by Crippen LogP contribution is 2.64. The number of ketones is 1. The maximum Gasteiger partial charge on any atom is 0.161 e. The molecule has 0 aromatic heterocycles. The van der Waals surface area contributed by atoms with Crippen molar-refractivity contribution < 1.29 is 15.0 Å². The summed E-state index contributed by atoms with van der Waals surface area (Å²) < 4.78 is 0. The summed E-state index contributed by atoms with van der Waals surface area (Å²) in [5.74, 6) is 4.30. The summed E-state index contributed by atoms with van der Waals surface area (Å²) in [6, 6.07) is 0. The van der Waals surface area contributed by atoms with E-state index in [4.69, 9.17) is 0 Å². The normalized spacial score (nSPS) is 50.8. The van der Waals surface area contributed by atoms with Gasteiger partial charge in [0.2, 0.25) is 0 Å². The van der Waals surface area contributed by atoms with E-state index in [1.165, 1.54) is 32.1 Å². The molecule has 4 aliphatic rings. The van der Waals surface area contributed by atoms with E-state index < -0.39 is 5.60 Å². The minimum Gasteiger partial charge on any atom is -0.390 e. The molecule has 8 atom stereocenters. The summed E-state index contributed by atoms with van der Waals surface area (Å²) in [6.07, 6.45) is 10.3. The van der Waals surface area contributed by atoms with Crippen LogP contribution in [-0.4, -0.2) is 28.2 Å². The Bertz CT molecular complexity index is 558. The lowest BCUT2D eigenvalue weighted by Crippen LogP contribution is -2.52. The fraction of sp³-hybridized carbons (Fsp3) is 0.957. The molecule has 3 nitrogen and oxygen atoms in total. The number of rotatable bonds is 3. The van der Waals surface area contributed by atoms with Crippen molar-refractivity contribution in [3.63, 3.8) is 0 Å². The van der Waals surface area contributed by atoms with Crippen LogP contribution in [0.1, 0.15) is 78.6 Å². The number of carbonyl (C=O) groups is 1. The fourth-order valence-corrected chi connectivity index (χ4v) is 8.07. The highest BCUT2D eigenvalue weighted by molar-refractivity contribution is 5.83. The molecule has 0 aromatic rings. The molecule has 0 aliphatic heterocycles. The molecule has 0 amide bonds. The number of hydrogen-bond donors (Lipinski definition) is 2. The van der Waals surface area contributed by atoms with Crippen molar-refractivity contribution in [1.29, 1.82) is 0 Å². The third kappa shape index (κ3) is 2.71. The minimum absolute atomic E-state index is 0.0850. The Morgan fingerprint density at radius 1 is 1.00 bits per heavy atom. The zero-order chi connectivity index (χ0) is 18.7. The first-order valence-corrected chi connectivity index (χ1v) is 11.2.